The Hall–Kier alpha value is -2.32. The van der Waals surface area contributed by atoms with Gasteiger partial charge in [-0.25, -0.2) is 0 Å². The van der Waals surface area contributed by atoms with E-state index in [1.807, 2.05) is 12.1 Å². The highest BCUT2D eigenvalue weighted by Gasteiger charge is 2.10. The quantitative estimate of drug-likeness (QED) is 0.209. The summed E-state index contributed by atoms with van der Waals surface area (Å²) < 4.78 is 0. The van der Waals surface area contributed by atoms with Crippen LogP contribution in [0.25, 0.3) is 10.8 Å². The summed E-state index contributed by atoms with van der Waals surface area (Å²) in [6, 6.07) is 12.8. The van der Waals surface area contributed by atoms with Crippen molar-refractivity contribution in [3.05, 3.63) is 46.5 Å². The lowest BCUT2D eigenvalue weighted by Crippen LogP contribution is -1.97. The van der Waals surface area contributed by atoms with Crippen molar-refractivity contribution < 1.29 is 0 Å². The number of aryl methyl sites for hydroxylation is 2. The zero-order valence-corrected chi connectivity index (χ0v) is 21.9. The molecule has 0 radical (unpaired) electrons. The normalized spacial score (nSPS) is 10.9. The van der Waals surface area contributed by atoms with Gasteiger partial charge in [-0.15, -0.1) is 0 Å². The lowest BCUT2D eigenvalue weighted by Gasteiger charge is -2.13. The molecular weight excluding hydrogens is 412 g/mol. The second-order valence-electron chi connectivity index (χ2n) is 10.0. The molecule has 0 fully saturated rings. The number of nitrogens with zero attached hydrogens (tertiary/aromatic N) is 2. The molecule has 2 heteroatoms. The first-order valence-corrected chi connectivity index (χ1v) is 14.1. The first-order valence-electron chi connectivity index (χ1n) is 14.1. The number of hydrogen-bond donors (Lipinski definition) is 0. The fourth-order valence-corrected chi connectivity index (χ4v) is 4.99. The van der Waals surface area contributed by atoms with Crippen molar-refractivity contribution in [2.45, 2.75) is 129 Å². The Labute approximate surface area is 209 Å². The van der Waals surface area contributed by atoms with Crippen LogP contribution in [0.1, 0.15) is 139 Å². The zero-order chi connectivity index (χ0) is 24.4. The fraction of sp³-hybridized carbons (Fsp3) is 0.625. The first kappa shape index (κ1) is 27.9. The van der Waals surface area contributed by atoms with E-state index >= 15 is 0 Å². The molecule has 0 heterocycles. The predicted octanol–water partition coefficient (Wildman–Crippen LogP) is 9.95. The summed E-state index contributed by atoms with van der Waals surface area (Å²) >= 11 is 0. The smallest absolute Gasteiger partial charge is 0.101 e. The summed E-state index contributed by atoms with van der Waals surface area (Å²) in [4.78, 5) is 0. The summed E-state index contributed by atoms with van der Waals surface area (Å²) in [5.74, 6) is 0. The van der Waals surface area contributed by atoms with Crippen LogP contribution in [-0.2, 0) is 12.8 Å². The lowest BCUT2D eigenvalue weighted by atomic mass is 9.91. The minimum Gasteiger partial charge on any atom is -0.192 e. The minimum absolute atomic E-state index is 0.490. The second kappa shape index (κ2) is 17.2. The van der Waals surface area contributed by atoms with Gasteiger partial charge in [0.2, 0.25) is 0 Å². The Morgan fingerprint density at radius 3 is 1.12 bits per heavy atom. The van der Waals surface area contributed by atoms with Gasteiger partial charge in [0.1, 0.15) is 12.1 Å². The molecular formula is C32H46N2. The molecule has 0 aliphatic carbocycles. The summed E-state index contributed by atoms with van der Waals surface area (Å²) in [5, 5.41) is 21.1. The van der Waals surface area contributed by atoms with Crippen molar-refractivity contribution in [1.29, 1.82) is 10.5 Å². The maximum Gasteiger partial charge on any atom is 0.101 e. The van der Waals surface area contributed by atoms with Gasteiger partial charge in [0, 0.05) is 0 Å². The molecule has 2 nitrogen and oxygen atoms in total. The summed E-state index contributed by atoms with van der Waals surface area (Å²) in [5.41, 5.74) is 3.89. The van der Waals surface area contributed by atoms with Crippen LogP contribution in [0, 0.1) is 22.7 Å². The molecule has 0 saturated heterocycles. The Morgan fingerprint density at radius 1 is 0.471 bits per heavy atom. The Bertz CT molecular complexity index is 852. The molecule has 0 amide bonds. The number of rotatable bonds is 18. The molecule has 0 spiro atoms. The number of fused-ring (bicyclic) bond motifs is 1. The van der Waals surface area contributed by atoms with E-state index in [0.29, 0.717) is 11.1 Å². The van der Waals surface area contributed by atoms with Crippen molar-refractivity contribution >= 4 is 10.8 Å². The van der Waals surface area contributed by atoms with Crippen LogP contribution in [0.15, 0.2) is 24.3 Å². The van der Waals surface area contributed by atoms with E-state index in [1.165, 1.54) is 114 Å². The van der Waals surface area contributed by atoms with E-state index in [1.54, 1.807) is 0 Å². The lowest BCUT2D eigenvalue weighted by molar-refractivity contribution is 0.571. The Kier molecular flexibility index (Phi) is 14.1. The first-order chi connectivity index (χ1) is 16.7. The summed E-state index contributed by atoms with van der Waals surface area (Å²) in [6.07, 6.45) is 23.7. The van der Waals surface area contributed by atoms with Crippen LogP contribution in [0.4, 0.5) is 0 Å². The molecule has 0 aliphatic heterocycles. The molecule has 184 valence electrons. The van der Waals surface area contributed by atoms with Crippen LogP contribution in [0.2, 0.25) is 0 Å². The van der Waals surface area contributed by atoms with Crippen molar-refractivity contribution in [3.8, 4) is 12.1 Å². The molecule has 0 N–H and O–H groups in total. The van der Waals surface area contributed by atoms with Crippen LogP contribution in [0.3, 0.4) is 0 Å². The number of unbranched alkanes of at least 4 members (excludes halogenated alkanes) is 14. The molecule has 0 bridgehead atoms. The highest BCUT2D eigenvalue weighted by Crippen LogP contribution is 2.27. The molecule has 2 aromatic rings. The van der Waals surface area contributed by atoms with Gasteiger partial charge in [0.15, 0.2) is 0 Å². The van der Waals surface area contributed by atoms with Crippen molar-refractivity contribution in [1.82, 2.24) is 0 Å². The molecule has 2 aromatic carbocycles. The predicted molar refractivity (Wildman–Crippen MR) is 146 cm³/mol. The molecule has 0 saturated carbocycles. The monoisotopic (exact) mass is 458 g/mol. The molecule has 0 aliphatic rings. The van der Waals surface area contributed by atoms with E-state index in [4.69, 9.17) is 0 Å². The Morgan fingerprint density at radius 2 is 0.794 bits per heavy atom. The molecule has 34 heavy (non-hydrogen) atoms. The topological polar surface area (TPSA) is 47.6 Å². The summed E-state index contributed by atoms with van der Waals surface area (Å²) in [6.45, 7) is 4.55. The average molecular weight is 459 g/mol. The van der Waals surface area contributed by atoms with Gasteiger partial charge >= 0.3 is 0 Å². The van der Waals surface area contributed by atoms with Gasteiger partial charge < -0.3 is 0 Å². The summed E-state index contributed by atoms with van der Waals surface area (Å²) in [7, 11) is 0. The molecule has 0 atom stereocenters. The van der Waals surface area contributed by atoms with Crippen LogP contribution < -0.4 is 0 Å². The highest BCUT2D eigenvalue weighted by atomic mass is 14.3. The highest BCUT2D eigenvalue weighted by molar-refractivity contribution is 5.87. The Balaban J connectivity index is 1.99. The van der Waals surface area contributed by atoms with Crippen molar-refractivity contribution in [3.63, 3.8) is 0 Å². The van der Waals surface area contributed by atoms with Gasteiger partial charge in [-0.2, -0.15) is 10.5 Å². The second-order valence-corrected chi connectivity index (χ2v) is 10.0. The average Bonchev–Trinajstić information content (AvgIpc) is 2.86. The van der Waals surface area contributed by atoms with Gasteiger partial charge in [-0.05, 0) is 59.7 Å². The SMILES string of the molecule is CCCCCCCCCCc1cc2cc(C#N)c(C#N)cc2cc1CCCCCCCCCC. The van der Waals surface area contributed by atoms with Gasteiger partial charge in [-0.3, -0.25) is 0 Å². The fourth-order valence-electron chi connectivity index (χ4n) is 4.99. The van der Waals surface area contributed by atoms with E-state index in [9.17, 15) is 10.5 Å². The third-order valence-electron chi connectivity index (χ3n) is 7.14. The van der Waals surface area contributed by atoms with Crippen LogP contribution >= 0.6 is 0 Å². The largest absolute Gasteiger partial charge is 0.192 e. The maximum absolute atomic E-state index is 9.44. The molecule has 0 unspecified atom stereocenters. The maximum atomic E-state index is 9.44. The van der Waals surface area contributed by atoms with E-state index in [2.05, 4.69) is 38.1 Å². The van der Waals surface area contributed by atoms with Crippen molar-refractivity contribution in [2.24, 2.45) is 0 Å². The van der Waals surface area contributed by atoms with Gasteiger partial charge in [0.25, 0.3) is 0 Å². The van der Waals surface area contributed by atoms with Crippen LogP contribution in [0.5, 0.6) is 0 Å². The number of nitriles is 2. The van der Waals surface area contributed by atoms with Crippen LogP contribution in [-0.4, -0.2) is 0 Å². The van der Waals surface area contributed by atoms with E-state index < -0.39 is 0 Å². The van der Waals surface area contributed by atoms with Crippen molar-refractivity contribution in [2.75, 3.05) is 0 Å². The number of hydrogen-bond acceptors (Lipinski definition) is 2. The van der Waals surface area contributed by atoms with E-state index in [-0.39, 0.29) is 0 Å². The van der Waals surface area contributed by atoms with E-state index in [0.717, 1.165) is 23.6 Å². The standard InChI is InChI=1S/C32H46N2/c1-3-5-7-9-11-13-15-17-19-27-21-29-23-31(25-33)32(26-34)24-30(29)22-28(27)20-18-16-14-12-10-8-6-4-2/h21-24H,3-20H2,1-2H3. The molecule has 0 aromatic heterocycles. The number of benzene rings is 2. The third-order valence-corrected chi connectivity index (χ3v) is 7.14. The third kappa shape index (κ3) is 9.89. The van der Waals surface area contributed by atoms with Gasteiger partial charge in [0.05, 0.1) is 11.1 Å². The zero-order valence-electron chi connectivity index (χ0n) is 21.9. The molecule has 2 rings (SSSR count). The minimum atomic E-state index is 0.490. The van der Waals surface area contributed by atoms with Gasteiger partial charge in [-0.1, -0.05) is 116 Å².